The highest BCUT2D eigenvalue weighted by atomic mass is 35.5. The first-order valence-electron chi connectivity index (χ1n) is 8.91. The SMILES string of the molecule is Cc1c(C(=O)N2CCC(OCCCN)CC2)cnn1-c1ccccc1.Cl. The summed E-state index contributed by atoms with van der Waals surface area (Å²) in [5.41, 5.74) is 8.00. The summed E-state index contributed by atoms with van der Waals surface area (Å²) in [4.78, 5) is 14.8. The van der Waals surface area contributed by atoms with Crippen LogP contribution in [0.25, 0.3) is 5.69 Å². The molecule has 1 amide bonds. The van der Waals surface area contributed by atoms with E-state index in [0.717, 1.165) is 43.7 Å². The number of likely N-dealkylation sites (tertiary alicyclic amines) is 1. The minimum atomic E-state index is 0. The average molecular weight is 379 g/mol. The van der Waals surface area contributed by atoms with E-state index in [-0.39, 0.29) is 24.4 Å². The van der Waals surface area contributed by atoms with Crippen molar-refractivity contribution in [1.82, 2.24) is 14.7 Å². The van der Waals surface area contributed by atoms with Crippen molar-refractivity contribution in [1.29, 1.82) is 0 Å². The molecular formula is C19H27ClN4O2. The second-order valence-electron chi connectivity index (χ2n) is 6.40. The molecule has 7 heteroatoms. The molecule has 1 fully saturated rings. The van der Waals surface area contributed by atoms with E-state index in [1.807, 2.05) is 46.8 Å². The van der Waals surface area contributed by atoms with Crippen LogP contribution in [0.3, 0.4) is 0 Å². The maximum atomic E-state index is 12.8. The number of piperidine rings is 1. The lowest BCUT2D eigenvalue weighted by atomic mass is 10.1. The number of carbonyl (C=O) groups is 1. The van der Waals surface area contributed by atoms with Crippen LogP contribution in [0.1, 0.15) is 35.3 Å². The van der Waals surface area contributed by atoms with E-state index < -0.39 is 0 Å². The number of benzene rings is 1. The number of carbonyl (C=O) groups excluding carboxylic acids is 1. The Morgan fingerprint density at radius 1 is 1.27 bits per heavy atom. The van der Waals surface area contributed by atoms with E-state index >= 15 is 0 Å². The Morgan fingerprint density at radius 3 is 2.62 bits per heavy atom. The molecular weight excluding hydrogens is 352 g/mol. The molecule has 142 valence electrons. The lowest BCUT2D eigenvalue weighted by Crippen LogP contribution is -2.41. The van der Waals surface area contributed by atoms with Crippen molar-refractivity contribution in [3.05, 3.63) is 47.8 Å². The van der Waals surface area contributed by atoms with Crippen LogP contribution in [0.2, 0.25) is 0 Å². The molecule has 1 aromatic carbocycles. The van der Waals surface area contributed by atoms with Crippen molar-refractivity contribution in [3.8, 4) is 5.69 Å². The highest BCUT2D eigenvalue weighted by Gasteiger charge is 2.26. The molecule has 0 saturated carbocycles. The van der Waals surface area contributed by atoms with Gasteiger partial charge in [0.2, 0.25) is 0 Å². The summed E-state index contributed by atoms with van der Waals surface area (Å²) in [6.07, 6.45) is 4.55. The van der Waals surface area contributed by atoms with Gasteiger partial charge in [-0.15, -0.1) is 12.4 Å². The zero-order chi connectivity index (χ0) is 17.6. The van der Waals surface area contributed by atoms with Crippen LogP contribution in [0.4, 0.5) is 0 Å². The normalized spacial score (nSPS) is 14.9. The third kappa shape index (κ3) is 4.63. The summed E-state index contributed by atoms with van der Waals surface area (Å²) < 4.78 is 7.62. The van der Waals surface area contributed by atoms with Crippen molar-refractivity contribution in [2.24, 2.45) is 5.73 Å². The number of halogens is 1. The van der Waals surface area contributed by atoms with E-state index in [4.69, 9.17) is 10.5 Å². The zero-order valence-electron chi connectivity index (χ0n) is 15.1. The number of hydrogen-bond donors (Lipinski definition) is 1. The number of para-hydroxylation sites is 1. The van der Waals surface area contributed by atoms with Crippen LogP contribution in [-0.2, 0) is 4.74 Å². The van der Waals surface area contributed by atoms with Crippen LogP contribution in [-0.4, -0.2) is 52.9 Å². The van der Waals surface area contributed by atoms with E-state index in [1.165, 1.54) is 0 Å². The van der Waals surface area contributed by atoms with Crippen molar-refractivity contribution in [2.75, 3.05) is 26.2 Å². The number of nitrogens with zero attached hydrogens (tertiary/aromatic N) is 3. The maximum absolute atomic E-state index is 12.8. The first-order chi connectivity index (χ1) is 12.2. The molecule has 2 N–H and O–H groups in total. The summed E-state index contributed by atoms with van der Waals surface area (Å²) in [6.45, 7) is 4.75. The van der Waals surface area contributed by atoms with Crippen LogP contribution in [0, 0.1) is 6.92 Å². The second kappa shape index (κ2) is 9.71. The topological polar surface area (TPSA) is 73.4 Å². The fourth-order valence-corrected chi connectivity index (χ4v) is 3.18. The highest BCUT2D eigenvalue weighted by Crippen LogP contribution is 2.20. The largest absolute Gasteiger partial charge is 0.378 e. The lowest BCUT2D eigenvalue weighted by Gasteiger charge is -2.32. The van der Waals surface area contributed by atoms with Gasteiger partial charge in [0, 0.05) is 19.7 Å². The van der Waals surface area contributed by atoms with Gasteiger partial charge in [-0.25, -0.2) is 4.68 Å². The Kier molecular flexibility index (Phi) is 7.63. The number of rotatable bonds is 6. The standard InChI is InChI=1S/C19H26N4O2.ClH/c1-15-18(14-21-23(15)16-6-3-2-4-7-16)19(24)22-11-8-17(9-12-22)25-13-5-10-20;/h2-4,6-7,14,17H,5,8-13,20H2,1H3;1H. The molecule has 0 atom stereocenters. The zero-order valence-corrected chi connectivity index (χ0v) is 16.0. The van der Waals surface area contributed by atoms with Gasteiger partial charge in [0.05, 0.1) is 29.2 Å². The molecule has 1 aliphatic heterocycles. The number of amides is 1. The number of aromatic nitrogens is 2. The van der Waals surface area contributed by atoms with Crippen LogP contribution in [0.5, 0.6) is 0 Å². The van der Waals surface area contributed by atoms with E-state index in [0.29, 0.717) is 18.7 Å². The van der Waals surface area contributed by atoms with Crippen molar-refractivity contribution < 1.29 is 9.53 Å². The maximum Gasteiger partial charge on any atom is 0.257 e. The average Bonchev–Trinajstić information content (AvgIpc) is 3.04. The van der Waals surface area contributed by atoms with E-state index in [2.05, 4.69) is 5.10 Å². The summed E-state index contributed by atoms with van der Waals surface area (Å²) in [5.74, 6) is 0.0556. The van der Waals surface area contributed by atoms with Gasteiger partial charge in [0.15, 0.2) is 0 Å². The Labute approximate surface area is 160 Å². The van der Waals surface area contributed by atoms with Crippen molar-refractivity contribution in [2.45, 2.75) is 32.3 Å². The lowest BCUT2D eigenvalue weighted by molar-refractivity contribution is 0.00843. The van der Waals surface area contributed by atoms with Gasteiger partial charge in [-0.05, 0) is 44.9 Å². The minimum Gasteiger partial charge on any atom is -0.378 e. The molecule has 1 aliphatic rings. The number of hydrogen-bond acceptors (Lipinski definition) is 4. The van der Waals surface area contributed by atoms with Gasteiger partial charge in [-0.2, -0.15) is 5.10 Å². The van der Waals surface area contributed by atoms with Gasteiger partial charge < -0.3 is 15.4 Å². The third-order valence-electron chi connectivity index (χ3n) is 4.67. The first-order valence-corrected chi connectivity index (χ1v) is 8.91. The Balaban J connectivity index is 0.00000243. The fraction of sp³-hybridized carbons (Fsp3) is 0.474. The van der Waals surface area contributed by atoms with Gasteiger partial charge in [0.1, 0.15) is 0 Å². The van der Waals surface area contributed by atoms with E-state index in [1.54, 1.807) is 6.20 Å². The van der Waals surface area contributed by atoms with Crippen molar-refractivity contribution >= 4 is 18.3 Å². The predicted octanol–water partition coefficient (Wildman–Crippen LogP) is 2.57. The van der Waals surface area contributed by atoms with Gasteiger partial charge >= 0.3 is 0 Å². The van der Waals surface area contributed by atoms with Crippen LogP contribution in [0.15, 0.2) is 36.5 Å². The van der Waals surface area contributed by atoms with Gasteiger partial charge in [-0.3, -0.25) is 4.79 Å². The number of nitrogens with two attached hydrogens (primary N) is 1. The highest BCUT2D eigenvalue weighted by molar-refractivity contribution is 5.95. The van der Waals surface area contributed by atoms with Gasteiger partial charge in [-0.1, -0.05) is 18.2 Å². The molecule has 1 aromatic heterocycles. The Bertz CT molecular complexity index is 697. The molecule has 0 aliphatic carbocycles. The van der Waals surface area contributed by atoms with Crippen molar-refractivity contribution in [3.63, 3.8) is 0 Å². The summed E-state index contributed by atoms with van der Waals surface area (Å²) in [7, 11) is 0. The second-order valence-corrected chi connectivity index (χ2v) is 6.40. The first kappa shape index (κ1) is 20.4. The Hall–Kier alpha value is -1.89. The summed E-state index contributed by atoms with van der Waals surface area (Å²) >= 11 is 0. The fourth-order valence-electron chi connectivity index (χ4n) is 3.18. The van der Waals surface area contributed by atoms with Crippen LogP contribution < -0.4 is 5.73 Å². The minimum absolute atomic E-state index is 0. The van der Waals surface area contributed by atoms with Crippen LogP contribution >= 0.6 is 12.4 Å². The third-order valence-corrected chi connectivity index (χ3v) is 4.67. The Morgan fingerprint density at radius 2 is 1.96 bits per heavy atom. The summed E-state index contributed by atoms with van der Waals surface area (Å²) in [5, 5.41) is 4.40. The molecule has 3 rings (SSSR count). The van der Waals surface area contributed by atoms with E-state index in [9.17, 15) is 4.79 Å². The monoisotopic (exact) mass is 378 g/mol. The smallest absolute Gasteiger partial charge is 0.257 e. The summed E-state index contributed by atoms with van der Waals surface area (Å²) in [6, 6.07) is 9.87. The molecule has 26 heavy (non-hydrogen) atoms. The van der Waals surface area contributed by atoms with Gasteiger partial charge in [0.25, 0.3) is 5.91 Å². The molecule has 2 heterocycles. The molecule has 0 radical (unpaired) electrons. The molecule has 1 saturated heterocycles. The molecule has 0 unspecified atom stereocenters. The molecule has 2 aromatic rings. The predicted molar refractivity (Wildman–Crippen MR) is 104 cm³/mol. The quantitative estimate of drug-likeness (QED) is 0.784. The number of ether oxygens (including phenoxy) is 1. The molecule has 0 spiro atoms. The molecule has 6 nitrogen and oxygen atoms in total. The molecule has 0 bridgehead atoms.